The first-order valence-electron chi connectivity index (χ1n) is 11.0. The van der Waals surface area contributed by atoms with Gasteiger partial charge in [0.25, 0.3) is 5.91 Å². The number of nitrogens with one attached hydrogen (secondary N) is 2. The molecule has 196 valence electrons. The SMILES string of the molecule is O=C(NOCCO)c1cc(/C(Cc2ccccc2)=N/OCCO)c(F)c(F)c1Nc1ccc(I)cc1F. The Kier molecular flexibility index (Phi) is 10.7. The Balaban J connectivity index is 2.13. The number of anilines is 2. The minimum Gasteiger partial charge on any atom is -0.394 e. The molecule has 0 heterocycles. The lowest BCUT2D eigenvalue weighted by Gasteiger charge is -2.17. The quantitative estimate of drug-likeness (QED) is 0.104. The van der Waals surface area contributed by atoms with Crippen molar-refractivity contribution in [2.75, 3.05) is 31.7 Å². The lowest BCUT2D eigenvalue weighted by molar-refractivity contribution is 0.0168. The van der Waals surface area contributed by atoms with Crippen molar-refractivity contribution in [2.24, 2.45) is 5.16 Å². The van der Waals surface area contributed by atoms with E-state index in [1.807, 2.05) is 28.1 Å². The number of aliphatic hydroxyl groups is 2. The summed E-state index contributed by atoms with van der Waals surface area (Å²) < 4.78 is 46.0. The van der Waals surface area contributed by atoms with Gasteiger partial charge in [0.15, 0.2) is 11.6 Å². The molecular weight excluding hydrogens is 606 g/mol. The van der Waals surface area contributed by atoms with Crippen LogP contribution in [0.1, 0.15) is 21.5 Å². The third kappa shape index (κ3) is 7.64. The Labute approximate surface area is 224 Å². The van der Waals surface area contributed by atoms with Crippen LogP contribution in [0.5, 0.6) is 0 Å². The second-order valence-corrected chi connectivity index (χ2v) is 8.73. The fourth-order valence-corrected chi connectivity index (χ4v) is 3.66. The van der Waals surface area contributed by atoms with Crippen LogP contribution in [-0.4, -0.2) is 48.3 Å². The Hall–Kier alpha value is -3.20. The van der Waals surface area contributed by atoms with E-state index in [1.54, 1.807) is 36.4 Å². The number of carbonyl (C=O) groups is 1. The Bertz CT molecular complexity index is 1260. The molecule has 3 rings (SSSR count). The zero-order chi connectivity index (χ0) is 26.8. The van der Waals surface area contributed by atoms with Gasteiger partial charge in [-0.25, -0.2) is 18.7 Å². The predicted molar refractivity (Wildman–Crippen MR) is 139 cm³/mol. The summed E-state index contributed by atoms with van der Waals surface area (Å²) in [5.41, 5.74) is 1.02. The number of carbonyl (C=O) groups excluding carboxylic acids is 1. The van der Waals surface area contributed by atoms with E-state index in [2.05, 4.69) is 10.5 Å². The van der Waals surface area contributed by atoms with Crippen LogP contribution in [0.25, 0.3) is 0 Å². The highest BCUT2D eigenvalue weighted by molar-refractivity contribution is 14.1. The van der Waals surface area contributed by atoms with Crippen LogP contribution in [0.15, 0.2) is 59.8 Å². The number of oxime groups is 1. The van der Waals surface area contributed by atoms with Gasteiger partial charge in [0.1, 0.15) is 12.4 Å². The number of amides is 1. The number of halogens is 4. The van der Waals surface area contributed by atoms with E-state index in [0.29, 0.717) is 9.13 Å². The van der Waals surface area contributed by atoms with Crippen molar-refractivity contribution in [2.45, 2.75) is 6.42 Å². The molecule has 0 spiro atoms. The zero-order valence-corrected chi connectivity index (χ0v) is 21.5. The van der Waals surface area contributed by atoms with E-state index in [1.165, 1.54) is 12.1 Å². The van der Waals surface area contributed by atoms with Gasteiger partial charge < -0.3 is 20.4 Å². The van der Waals surface area contributed by atoms with Crippen LogP contribution >= 0.6 is 22.6 Å². The van der Waals surface area contributed by atoms with Crippen molar-refractivity contribution in [3.8, 4) is 0 Å². The Morgan fingerprint density at radius 1 is 0.946 bits per heavy atom. The van der Waals surface area contributed by atoms with E-state index in [0.717, 1.165) is 6.07 Å². The molecule has 0 atom stereocenters. The van der Waals surface area contributed by atoms with Gasteiger partial charge in [-0.2, -0.15) is 0 Å². The molecule has 12 heteroatoms. The van der Waals surface area contributed by atoms with Crippen LogP contribution in [0, 0.1) is 21.0 Å². The minimum absolute atomic E-state index is 0.00320. The Morgan fingerprint density at radius 2 is 1.68 bits per heavy atom. The van der Waals surface area contributed by atoms with Gasteiger partial charge in [0.2, 0.25) is 0 Å². The number of hydrogen-bond donors (Lipinski definition) is 4. The average molecular weight is 629 g/mol. The molecule has 0 radical (unpaired) electrons. The van der Waals surface area contributed by atoms with Crippen molar-refractivity contribution in [1.29, 1.82) is 0 Å². The molecule has 8 nitrogen and oxygen atoms in total. The van der Waals surface area contributed by atoms with E-state index in [-0.39, 0.29) is 43.2 Å². The standard InChI is InChI=1S/C25H23F3IN3O5/c26-19-13-16(29)6-7-20(19)30-24-18(25(35)32-37-11-9-34)14-17(22(27)23(24)28)21(31-36-10-8-33)12-15-4-2-1-3-5-15/h1-7,13-14,30,33-34H,8-12H2,(H,32,35)/b31-21+. The predicted octanol–water partition coefficient (Wildman–Crippen LogP) is 4.06. The first-order chi connectivity index (χ1) is 17.8. The van der Waals surface area contributed by atoms with Crippen LogP contribution in [-0.2, 0) is 16.1 Å². The molecule has 0 aliphatic heterocycles. The van der Waals surface area contributed by atoms with E-state index < -0.39 is 41.2 Å². The lowest BCUT2D eigenvalue weighted by atomic mass is 9.98. The molecule has 3 aromatic rings. The molecule has 0 aliphatic carbocycles. The lowest BCUT2D eigenvalue weighted by Crippen LogP contribution is -2.27. The molecule has 0 fully saturated rings. The smallest absolute Gasteiger partial charge is 0.277 e. The fraction of sp³-hybridized carbons (Fsp3) is 0.200. The molecule has 4 N–H and O–H groups in total. The first kappa shape index (κ1) is 28.4. The van der Waals surface area contributed by atoms with Gasteiger partial charge >= 0.3 is 0 Å². The van der Waals surface area contributed by atoms with E-state index in [9.17, 15) is 9.18 Å². The molecule has 0 aromatic heterocycles. The summed E-state index contributed by atoms with van der Waals surface area (Å²) in [5.74, 6) is -4.56. The van der Waals surface area contributed by atoms with Crippen LogP contribution < -0.4 is 10.8 Å². The second kappa shape index (κ2) is 13.9. The third-order valence-electron chi connectivity index (χ3n) is 4.88. The maximum atomic E-state index is 15.5. The zero-order valence-electron chi connectivity index (χ0n) is 19.3. The molecule has 3 aromatic carbocycles. The summed E-state index contributed by atoms with van der Waals surface area (Å²) in [5, 5.41) is 24.2. The molecule has 0 unspecified atom stereocenters. The van der Waals surface area contributed by atoms with Gasteiger partial charge in [-0.05, 0) is 52.4 Å². The number of hydroxylamine groups is 1. The van der Waals surface area contributed by atoms with Crippen molar-refractivity contribution >= 4 is 45.6 Å². The topological polar surface area (TPSA) is 112 Å². The monoisotopic (exact) mass is 629 g/mol. The molecule has 0 saturated carbocycles. The number of nitrogens with zero attached hydrogens (tertiary/aromatic N) is 1. The van der Waals surface area contributed by atoms with Crippen molar-refractivity contribution in [1.82, 2.24) is 5.48 Å². The van der Waals surface area contributed by atoms with Crippen molar-refractivity contribution < 1.29 is 37.9 Å². The maximum Gasteiger partial charge on any atom is 0.277 e. The molecule has 0 saturated heterocycles. The number of rotatable bonds is 12. The summed E-state index contributed by atoms with van der Waals surface area (Å²) in [6.45, 7) is -1.22. The summed E-state index contributed by atoms with van der Waals surface area (Å²) >= 11 is 1.89. The summed E-state index contributed by atoms with van der Waals surface area (Å²) in [6.07, 6.45) is 0.00320. The molecule has 0 aliphatic rings. The maximum absolute atomic E-state index is 15.5. The van der Waals surface area contributed by atoms with Crippen molar-refractivity contribution in [3.05, 3.63) is 92.3 Å². The molecule has 1 amide bonds. The second-order valence-electron chi connectivity index (χ2n) is 7.48. The van der Waals surface area contributed by atoms with E-state index in [4.69, 9.17) is 19.9 Å². The van der Waals surface area contributed by atoms with Crippen LogP contribution in [0.2, 0.25) is 0 Å². The van der Waals surface area contributed by atoms with Crippen LogP contribution in [0.4, 0.5) is 24.5 Å². The minimum atomic E-state index is -1.47. The van der Waals surface area contributed by atoms with Gasteiger partial charge in [-0.1, -0.05) is 35.5 Å². The fourth-order valence-electron chi connectivity index (χ4n) is 3.21. The number of benzene rings is 3. The first-order valence-corrected chi connectivity index (χ1v) is 12.0. The molecule has 0 bridgehead atoms. The number of aliphatic hydroxyl groups excluding tert-OH is 2. The summed E-state index contributed by atoms with van der Waals surface area (Å²) in [7, 11) is 0. The van der Waals surface area contributed by atoms with Crippen LogP contribution in [0.3, 0.4) is 0 Å². The summed E-state index contributed by atoms with van der Waals surface area (Å²) in [6, 6.07) is 13.8. The highest BCUT2D eigenvalue weighted by Crippen LogP contribution is 2.31. The Morgan fingerprint density at radius 3 is 2.35 bits per heavy atom. The van der Waals surface area contributed by atoms with Gasteiger partial charge in [-0.15, -0.1) is 0 Å². The normalized spacial score (nSPS) is 11.4. The third-order valence-corrected chi connectivity index (χ3v) is 5.55. The highest BCUT2D eigenvalue weighted by atomic mass is 127. The summed E-state index contributed by atoms with van der Waals surface area (Å²) in [4.78, 5) is 22.7. The van der Waals surface area contributed by atoms with Gasteiger partial charge in [-0.3, -0.25) is 9.63 Å². The number of hydrogen-bond acceptors (Lipinski definition) is 7. The largest absolute Gasteiger partial charge is 0.394 e. The van der Waals surface area contributed by atoms with Gasteiger partial charge in [0.05, 0.1) is 42.5 Å². The molecule has 37 heavy (non-hydrogen) atoms. The molecular formula is C25H23F3IN3O5. The van der Waals surface area contributed by atoms with Crippen molar-refractivity contribution in [3.63, 3.8) is 0 Å². The highest BCUT2D eigenvalue weighted by Gasteiger charge is 2.26. The average Bonchev–Trinajstić information content (AvgIpc) is 2.88. The van der Waals surface area contributed by atoms with Gasteiger partial charge in [0, 0.05) is 15.6 Å². The van der Waals surface area contributed by atoms with E-state index >= 15 is 8.78 Å².